The molecule has 0 aromatic heterocycles. The van der Waals surface area contributed by atoms with E-state index in [-0.39, 0.29) is 11.8 Å². The van der Waals surface area contributed by atoms with Crippen molar-refractivity contribution in [3.8, 4) is 5.75 Å². The van der Waals surface area contributed by atoms with Crippen molar-refractivity contribution in [1.29, 1.82) is 0 Å². The first kappa shape index (κ1) is 21.5. The highest BCUT2D eigenvalue weighted by Crippen LogP contribution is 2.29. The third kappa shape index (κ3) is 5.35. The zero-order chi connectivity index (χ0) is 20.7. The van der Waals surface area contributed by atoms with Crippen molar-refractivity contribution in [2.45, 2.75) is 45.6 Å². The number of benzene rings is 2. The van der Waals surface area contributed by atoms with Gasteiger partial charge in [-0.25, -0.2) is 0 Å². The van der Waals surface area contributed by atoms with Crippen LogP contribution in [0.3, 0.4) is 0 Å². The lowest BCUT2D eigenvalue weighted by atomic mass is 9.98. The molecule has 5 nitrogen and oxygen atoms in total. The second kappa shape index (κ2) is 9.93. The van der Waals surface area contributed by atoms with E-state index in [4.69, 9.17) is 4.74 Å². The van der Waals surface area contributed by atoms with E-state index in [1.807, 2.05) is 25.1 Å². The highest BCUT2D eigenvalue weighted by molar-refractivity contribution is 5.96. The van der Waals surface area contributed by atoms with Gasteiger partial charge in [0.1, 0.15) is 5.75 Å². The fraction of sp³-hybridized carbons (Fsp3) is 0.391. The lowest BCUT2D eigenvalue weighted by Gasteiger charge is -2.21. The maximum absolute atomic E-state index is 12.7. The molecule has 2 aromatic carbocycles. The van der Waals surface area contributed by atoms with E-state index in [0.29, 0.717) is 23.6 Å². The molecule has 2 aromatic rings. The number of para-hydroxylation sites is 1. The molecule has 0 fully saturated rings. The number of ether oxygens (including phenoxy) is 1. The molecule has 2 amide bonds. The molecule has 28 heavy (non-hydrogen) atoms. The van der Waals surface area contributed by atoms with Crippen LogP contribution in [0.4, 0.5) is 5.69 Å². The van der Waals surface area contributed by atoms with E-state index >= 15 is 0 Å². The first-order valence-corrected chi connectivity index (χ1v) is 9.75. The molecule has 2 rings (SSSR count). The molecule has 2 atom stereocenters. The van der Waals surface area contributed by atoms with Crippen LogP contribution in [0, 0.1) is 0 Å². The molecular formula is C23H30N2O3. The van der Waals surface area contributed by atoms with Gasteiger partial charge in [0, 0.05) is 25.3 Å². The molecule has 0 radical (unpaired) electrons. The van der Waals surface area contributed by atoms with Crippen LogP contribution < -0.4 is 10.1 Å². The number of rotatable bonds is 8. The smallest absolute Gasteiger partial charge is 0.265 e. The Hall–Kier alpha value is -2.82. The summed E-state index contributed by atoms with van der Waals surface area (Å²) in [6, 6.07) is 14.8. The van der Waals surface area contributed by atoms with Crippen LogP contribution in [0.1, 0.15) is 55.5 Å². The lowest BCUT2D eigenvalue weighted by molar-refractivity contribution is -0.122. The summed E-state index contributed by atoms with van der Waals surface area (Å²) >= 11 is 0. The van der Waals surface area contributed by atoms with Crippen LogP contribution in [-0.4, -0.2) is 36.9 Å². The molecule has 0 aliphatic carbocycles. The van der Waals surface area contributed by atoms with Crippen molar-refractivity contribution in [3.05, 3.63) is 59.7 Å². The standard InChI is InChI=1S/C23H30N2O3/c1-6-16(3)19-10-8-9-11-21(19)28-20(7-2)22(26)24-18-14-12-17(13-15-18)23(27)25(4)5/h8-16,20H,6-7H2,1-5H3,(H,24,26). The number of hydrogen-bond acceptors (Lipinski definition) is 3. The monoisotopic (exact) mass is 382 g/mol. The summed E-state index contributed by atoms with van der Waals surface area (Å²) in [6.45, 7) is 6.21. The fourth-order valence-corrected chi connectivity index (χ4v) is 2.87. The topological polar surface area (TPSA) is 58.6 Å². The number of carbonyl (C=O) groups is 2. The maximum Gasteiger partial charge on any atom is 0.265 e. The molecule has 0 saturated heterocycles. The average molecular weight is 383 g/mol. The molecule has 0 aliphatic heterocycles. The zero-order valence-electron chi connectivity index (χ0n) is 17.4. The van der Waals surface area contributed by atoms with Gasteiger partial charge < -0.3 is 15.0 Å². The predicted molar refractivity (Wildman–Crippen MR) is 113 cm³/mol. The van der Waals surface area contributed by atoms with Gasteiger partial charge in [0.2, 0.25) is 0 Å². The molecular weight excluding hydrogens is 352 g/mol. The van der Waals surface area contributed by atoms with Gasteiger partial charge in [-0.3, -0.25) is 9.59 Å². The summed E-state index contributed by atoms with van der Waals surface area (Å²) in [5, 5.41) is 2.88. The third-order valence-electron chi connectivity index (χ3n) is 4.80. The Morgan fingerprint density at radius 1 is 1.00 bits per heavy atom. The number of amides is 2. The summed E-state index contributed by atoms with van der Waals surface area (Å²) in [4.78, 5) is 26.2. The Morgan fingerprint density at radius 2 is 1.64 bits per heavy atom. The Labute approximate surface area is 167 Å². The maximum atomic E-state index is 12.7. The van der Waals surface area contributed by atoms with E-state index in [2.05, 4.69) is 25.2 Å². The van der Waals surface area contributed by atoms with Crippen molar-refractivity contribution < 1.29 is 14.3 Å². The zero-order valence-corrected chi connectivity index (χ0v) is 17.4. The quantitative estimate of drug-likeness (QED) is 0.720. The summed E-state index contributed by atoms with van der Waals surface area (Å²) in [5.41, 5.74) is 2.33. The minimum atomic E-state index is -0.590. The molecule has 0 bridgehead atoms. The van der Waals surface area contributed by atoms with E-state index < -0.39 is 6.10 Å². The predicted octanol–water partition coefficient (Wildman–Crippen LogP) is 4.70. The van der Waals surface area contributed by atoms with Gasteiger partial charge in [0.05, 0.1) is 0 Å². The number of anilines is 1. The molecule has 1 N–H and O–H groups in total. The van der Waals surface area contributed by atoms with Gasteiger partial charge in [0.25, 0.3) is 11.8 Å². The van der Waals surface area contributed by atoms with Crippen molar-refractivity contribution >= 4 is 17.5 Å². The van der Waals surface area contributed by atoms with Gasteiger partial charge in [-0.2, -0.15) is 0 Å². The Kier molecular flexibility index (Phi) is 7.61. The van der Waals surface area contributed by atoms with Crippen LogP contribution in [0.15, 0.2) is 48.5 Å². The minimum absolute atomic E-state index is 0.0747. The molecule has 2 unspecified atom stereocenters. The molecule has 150 valence electrons. The van der Waals surface area contributed by atoms with E-state index in [1.165, 1.54) is 4.90 Å². The van der Waals surface area contributed by atoms with Gasteiger partial charge in [-0.1, -0.05) is 39.0 Å². The van der Waals surface area contributed by atoms with Crippen LogP contribution >= 0.6 is 0 Å². The average Bonchev–Trinajstić information content (AvgIpc) is 2.71. The Balaban J connectivity index is 2.09. The number of hydrogen-bond donors (Lipinski definition) is 1. The summed E-state index contributed by atoms with van der Waals surface area (Å²) in [6.07, 6.45) is 0.965. The molecule has 0 saturated carbocycles. The summed E-state index contributed by atoms with van der Waals surface area (Å²) in [5.74, 6) is 0.840. The normalized spacial score (nSPS) is 12.8. The highest BCUT2D eigenvalue weighted by Gasteiger charge is 2.21. The van der Waals surface area contributed by atoms with Crippen molar-refractivity contribution in [3.63, 3.8) is 0 Å². The fourth-order valence-electron chi connectivity index (χ4n) is 2.87. The largest absolute Gasteiger partial charge is 0.480 e. The molecule has 0 heterocycles. The Bertz CT molecular complexity index is 800. The van der Waals surface area contributed by atoms with Crippen molar-refractivity contribution in [2.24, 2.45) is 0 Å². The first-order chi connectivity index (χ1) is 13.4. The minimum Gasteiger partial charge on any atom is -0.480 e. The second-order valence-electron chi connectivity index (χ2n) is 7.13. The molecule has 5 heteroatoms. The van der Waals surface area contributed by atoms with E-state index in [1.54, 1.807) is 38.4 Å². The van der Waals surface area contributed by atoms with Crippen molar-refractivity contribution in [1.82, 2.24) is 4.90 Å². The third-order valence-corrected chi connectivity index (χ3v) is 4.80. The van der Waals surface area contributed by atoms with Crippen LogP contribution in [-0.2, 0) is 4.79 Å². The summed E-state index contributed by atoms with van der Waals surface area (Å²) in [7, 11) is 3.41. The lowest BCUT2D eigenvalue weighted by Crippen LogP contribution is -2.32. The first-order valence-electron chi connectivity index (χ1n) is 9.75. The molecule has 0 aliphatic rings. The van der Waals surface area contributed by atoms with Crippen LogP contribution in [0.25, 0.3) is 0 Å². The second-order valence-corrected chi connectivity index (χ2v) is 7.13. The van der Waals surface area contributed by atoms with Gasteiger partial charge in [0.15, 0.2) is 6.10 Å². The van der Waals surface area contributed by atoms with Gasteiger partial charge >= 0.3 is 0 Å². The van der Waals surface area contributed by atoms with Crippen LogP contribution in [0.2, 0.25) is 0 Å². The van der Waals surface area contributed by atoms with Crippen molar-refractivity contribution in [2.75, 3.05) is 19.4 Å². The van der Waals surface area contributed by atoms with Gasteiger partial charge in [-0.05, 0) is 54.7 Å². The number of carbonyl (C=O) groups excluding carboxylic acids is 2. The van der Waals surface area contributed by atoms with Gasteiger partial charge in [-0.15, -0.1) is 0 Å². The van der Waals surface area contributed by atoms with E-state index in [9.17, 15) is 9.59 Å². The SMILES string of the molecule is CCC(Oc1ccccc1C(C)CC)C(=O)Nc1ccc(C(=O)N(C)C)cc1. The summed E-state index contributed by atoms with van der Waals surface area (Å²) < 4.78 is 6.07. The number of nitrogens with zero attached hydrogens (tertiary/aromatic N) is 1. The van der Waals surface area contributed by atoms with E-state index in [0.717, 1.165) is 17.7 Å². The molecule has 0 spiro atoms. The Morgan fingerprint density at radius 3 is 2.21 bits per heavy atom. The van der Waals surface area contributed by atoms with Crippen LogP contribution in [0.5, 0.6) is 5.75 Å². The number of nitrogens with one attached hydrogen (secondary N) is 1. The highest BCUT2D eigenvalue weighted by atomic mass is 16.5.